The smallest absolute Gasteiger partial charge is 0.151 e. The molecule has 0 saturated heterocycles. The van der Waals surface area contributed by atoms with E-state index in [0.29, 0.717) is 29.7 Å². The van der Waals surface area contributed by atoms with Gasteiger partial charge in [0.25, 0.3) is 0 Å². The summed E-state index contributed by atoms with van der Waals surface area (Å²) in [6.07, 6.45) is 1.01. The lowest BCUT2D eigenvalue weighted by atomic mass is 9.93. The van der Waals surface area contributed by atoms with E-state index in [-0.39, 0.29) is 11.6 Å². The summed E-state index contributed by atoms with van der Waals surface area (Å²) in [6, 6.07) is 12.8. The van der Waals surface area contributed by atoms with Gasteiger partial charge in [0.15, 0.2) is 5.54 Å². The Bertz CT molecular complexity index is 689. The van der Waals surface area contributed by atoms with Crippen molar-refractivity contribution in [3.8, 4) is 6.07 Å². The number of anilines is 1. The summed E-state index contributed by atoms with van der Waals surface area (Å²) in [7, 11) is 0. The van der Waals surface area contributed by atoms with E-state index in [1.54, 1.807) is 24.3 Å². The van der Waals surface area contributed by atoms with Crippen LogP contribution in [0.1, 0.15) is 17.5 Å². The number of benzene rings is 2. The Morgan fingerprint density at radius 3 is 2.55 bits per heavy atom. The van der Waals surface area contributed by atoms with Gasteiger partial charge in [0.1, 0.15) is 11.6 Å². The molecule has 1 aliphatic rings. The van der Waals surface area contributed by atoms with Gasteiger partial charge in [0.05, 0.1) is 6.07 Å². The van der Waals surface area contributed by atoms with Crippen LogP contribution in [0.3, 0.4) is 0 Å². The van der Waals surface area contributed by atoms with Crippen molar-refractivity contribution < 1.29 is 8.78 Å². The first-order valence-electron chi connectivity index (χ1n) is 6.37. The second-order valence-corrected chi connectivity index (χ2v) is 4.91. The number of halogens is 2. The van der Waals surface area contributed by atoms with Crippen LogP contribution in [-0.2, 0) is 12.0 Å². The highest BCUT2D eigenvalue weighted by Gasteiger charge is 2.40. The van der Waals surface area contributed by atoms with E-state index in [0.717, 1.165) is 0 Å². The number of rotatable bonds is 2. The van der Waals surface area contributed by atoms with Crippen molar-refractivity contribution in [2.45, 2.75) is 18.4 Å². The number of hydrogen-bond acceptors (Lipinski definition) is 2. The minimum atomic E-state index is -0.949. The van der Waals surface area contributed by atoms with Crippen molar-refractivity contribution >= 4 is 5.69 Å². The lowest BCUT2D eigenvalue weighted by Crippen LogP contribution is -2.31. The largest absolute Gasteiger partial charge is 0.364 e. The molecule has 3 rings (SSSR count). The van der Waals surface area contributed by atoms with E-state index >= 15 is 0 Å². The normalized spacial score (nSPS) is 20.2. The van der Waals surface area contributed by atoms with E-state index in [1.807, 2.05) is 0 Å². The van der Waals surface area contributed by atoms with E-state index in [1.165, 1.54) is 18.2 Å². The maximum atomic E-state index is 13.8. The summed E-state index contributed by atoms with van der Waals surface area (Å²) < 4.78 is 26.7. The van der Waals surface area contributed by atoms with Crippen molar-refractivity contribution in [3.05, 3.63) is 65.2 Å². The summed E-state index contributed by atoms with van der Waals surface area (Å²) in [5.74, 6) is -0.611. The average molecular weight is 270 g/mol. The summed E-state index contributed by atoms with van der Waals surface area (Å²) in [5.41, 5.74) is 0.952. The molecule has 20 heavy (non-hydrogen) atoms. The number of hydrogen-bond donors (Lipinski definition) is 1. The van der Waals surface area contributed by atoms with E-state index in [9.17, 15) is 14.0 Å². The van der Waals surface area contributed by atoms with Gasteiger partial charge < -0.3 is 5.32 Å². The molecule has 0 bridgehead atoms. The quantitative estimate of drug-likeness (QED) is 0.902. The highest BCUT2D eigenvalue weighted by atomic mass is 19.1. The Morgan fingerprint density at radius 1 is 1.10 bits per heavy atom. The van der Waals surface area contributed by atoms with Crippen molar-refractivity contribution in [1.82, 2.24) is 0 Å². The van der Waals surface area contributed by atoms with Crippen LogP contribution in [0.2, 0.25) is 0 Å². The van der Waals surface area contributed by atoms with E-state index in [4.69, 9.17) is 0 Å². The topological polar surface area (TPSA) is 35.8 Å². The molecule has 0 aromatic heterocycles. The minimum Gasteiger partial charge on any atom is -0.364 e. The predicted molar refractivity (Wildman–Crippen MR) is 72.0 cm³/mol. The Kier molecular flexibility index (Phi) is 2.90. The third-order valence-corrected chi connectivity index (χ3v) is 3.72. The summed E-state index contributed by atoms with van der Waals surface area (Å²) in [5, 5.41) is 12.7. The zero-order valence-electron chi connectivity index (χ0n) is 10.7. The summed E-state index contributed by atoms with van der Waals surface area (Å²) in [4.78, 5) is 0. The van der Waals surface area contributed by atoms with Gasteiger partial charge in [0, 0.05) is 5.69 Å². The molecule has 1 atom stereocenters. The SMILES string of the molecule is N#CC1(Nc2ccc(F)cc2)CCc2c(F)cccc21. The molecule has 1 N–H and O–H groups in total. The summed E-state index contributed by atoms with van der Waals surface area (Å²) >= 11 is 0. The van der Waals surface area contributed by atoms with Gasteiger partial charge in [-0.05, 0) is 54.3 Å². The van der Waals surface area contributed by atoms with Gasteiger partial charge >= 0.3 is 0 Å². The zero-order valence-corrected chi connectivity index (χ0v) is 10.7. The van der Waals surface area contributed by atoms with Gasteiger partial charge in [-0.2, -0.15) is 5.26 Å². The molecule has 2 nitrogen and oxygen atoms in total. The molecule has 0 saturated carbocycles. The number of fused-ring (bicyclic) bond motifs is 1. The van der Waals surface area contributed by atoms with Crippen molar-refractivity contribution in [1.29, 1.82) is 5.26 Å². The van der Waals surface area contributed by atoms with Crippen molar-refractivity contribution in [2.24, 2.45) is 0 Å². The molecule has 0 aliphatic heterocycles. The third-order valence-electron chi connectivity index (χ3n) is 3.72. The molecule has 0 amide bonds. The maximum absolute atomic E-state index is 13.8. The molecule has 1 unspecified atom stereocenters. The van der Waals surface area contributed by atoms with Gasteiger partial charge in [-0.15, -0.1) is 0 Å². The Labute approximate surface area is 115 Å². The molecule has 0 radical (unpaired) electrons. The van der Waals surface area contributed by atoms with Crippen molar-refractivity contribution in [3.63, 3.8) is 0 Å². The Morgan fingerprint density at radius 2 is 1.85 bits per heavy atom. The first-order valence-corrected chi connectivity index (χ1v) is 6.37. The first kappa shape index (κ1) is 12.6. The predicted octanol–water partition coefficient (Wildman–Crippen LogP) is 3.74. The van der Waals surface area contributed by atoms with Crippen LogP contribution in [-0.4, -0.2) is 0 Å². The van der Waals surface area contributed by atoms with Crippen LogP contribution < -0.4 is 5.32 Å². The van der Waals surface area contributed by atoms with Crippen molar-refractivity contribution in [2.75, 3.05) is 5.32 Å². The molecule has 4 heteroatoms. The van der Waals surface area contributed by atoms with Crippen LogP contribution in [0.25, 0.3) is 0 Å². The molecular formula is C16H12F2N2. The third kappa shape index (κ3) is 1.92. The van der Waals surface area contributed by atoms with Crippen LogP contribution in [0.15, 0.2) is 42.5 Å². The van der Waals surface area contributed by atoms with Gasteiger partial charge in [-0.25, -0.2) is 8.78 Å². The number of nitriles is 1. The first-order chi connectivity index (χ1) is 9.64. The second kappa shape index (κ2) is 4.61. The minimum absolute atomic E-state index is 0.277. The fraction of sp³-hybridized carbons (Fsp3) is 0.188. The standard InChI is InChI=1S/C16H12F2N2/c17-11-4-6-12(7-5-11)20-16(10-19)9-8-13-14(16)2-1-3-15(13)18/h1-7,20H,8-9H2. The molecule has 0 spiro atoms. The summed E-state index contributed by atoms with van der Waals surface area (Å²) in [6.45, 7) is 0. The molecule has 0 fully saturated rings. The van der Waals surface area contributed by atoms with Gasteiger partial charge in [-0.1, -0.05) is 12.1 Å². The maximum Gasteiger partial charge on any atom is 0.151 e. The number of nitrogens with one attached hydrogen (secondary N) is 1. The molecule has 100 valence electrons. The average Bonchev–Trinajstić information content (AvgIpc) is 2.83. The second-order valence-electron chi connectivity index (χ2n) is 4.91. The van der Waals surface area contributed by atoms with Gasteiger partial charge in [0.2, 0.25) is 0 Å². The van der Waals surface area contributed by atoms with Crippen LogP contribution >= 0.6 is 0 Å². The van der Waals surface area contributed by atoms with E-state index < -0.39 is 5.54 Å². The van der Waals surface area contributed by atoms with Crippen LogP contribution in [0.4, 0.5) is 14.5 Å². The molecule has 0 heterocycles. The fourth-order valence-corrected chi connectivity index (χ4v) is 2.71. The van der Waals surface area contributed by atoms with Crippen LogP contribution in [0.5, 0.6) is 0 Å². The monoisotopic (exact) mass is 270 g/mol. The fourth-order valence-electron chi connectivity index (χ4n) is 2.71. The molecular weight excluding hydrogens is 258 g/mol. The molecule has 2 aromatic rings. The Balaban J connectivity index is 2.01. The Hall–Kier alpha value is -2.41. The van der Waals surface area contributed by atoms with Crippen LogP contribution in [0, 0.1) is 23.0 Å². The molecule has 1 aliphatic carbocycles. The zero-order chi connectivity index (χ0) is 14.2. The lowest BCUT2D eigenvalue weighted by Gasteiger charge is -2.25. The lowest BCUT2D eigenvalue weighted by molar-refractivity contribution is 0.608. The highest BCUT2D eigenvalue weighted by Crippen LogP contribution is 2.40. The highest BCUT2D eigenvalue weighted by molar-refractivity contribution is 5.55. The molecule has 2 aromatic carbocycles. The van der Waals surface area contributed by atoms with Gasteiger partial charge in [-0.3, -0.25) is 0 Å². The van der Waals surface area contributed by atoms with E-state index in [2.05, 4.69) is 11.4 Å². The number of nitrogens with zero attached hydrogens (tertiary/aromatic N) is 1.